The molecule has 3 nitrogen and oxygen atoms in total. The normalized spacial score (nSPS) is 1.20. The van der Waals surface area contributed by atoms with Crippen molar-refractivity contribution in [2.24, 2.45) is 0 Å². The SMILES string of the molecule is O=[Si+2].[Mg+2].[O-2].[O-2]. The van der Waals surface area contributed by atoms with Gasteiger partial charge in [-0.15, -0.1) is 0 Å². The van der Waals surface area contributed by atoms with Crippen molar-refractivity contribution in [1.29, 1.82) is 0 Å². The van der Waals surface area contributed by atoms with Gasteiger partial charge in [-0.05, 0) is 0 Å². The Morgan fingerprint density at radius 2 is 1.00 bits per heavy atom. The minimum Gasteiger partial charge on any atom is -2.00 e. The summed E-state index contributed by atoms with van der Waals surface area (Å²) in [6, 6.07) is 0. The summed E-state index contributed by atoms with van der Waals surface area (Å²) in [5, 5.41) is 0. The van der Waals surface area contributed by atoms with Gasteiger partial charge in [0.25, 0.3) is 0 Å². The van der Waals surface area contributed by atoms with Gasteiger partial charge in [-0.3, -0.25) is 0 Å². The van der Waals surface area contributed by atoms with Crippen molar-refractivity contribution >= 4 is 33.2 Å². The molecule has 0 saturated heterocycles. The second-order valence-corrected chi connectivity index (χ2v) is 0. The standard InChI is InChI=1S/Mg.OSi.2O/c;1-2;;/q2*+2;2*-2. The number of hydrogen-bond donors (Lipinski definition) is 0. The van der Waals surface area contributed by atoms with Crippen LogP contribution < -0.4 is 0 Å². The first kappa shape index (κ1) is 43.5. The molecule has 0 heterocycles. The maximum atomic E-state index is 8.06. The maximum absolute atomic E-state index is 8.06. The van der Waals surface area contributed by atoms with E-state index in [1.165, 1.54) is 0 Å². The molecule has 0 radical (unpaired) electrons. The predicted octanol–water partition coefficient (Wildman–Crippen LogP) is -1.12. The molecule has 0 atom stereocenters. The van der Waals surface area contributed by atoms with Crippen LogP contribution in [0.15, 0.2) is 0 Å². The molecule has 0 aliphatic heterocycles. The molecule has 0 N–H and O–H groups in total. The van der Waals surface area contributed by atoms with Crippen molar-refractivity contribution in [3.8, 4) is 0 Å². The van der Waals surface area contributed by atoms with Gasteiger partial charge in [0.05, 0.1) is 0 Å². The van der Waals surface area contributed by atoms with Gasteiger partial charge >= 0.3 is 37.6 Å². The second-order valence-electron chi connectivity index (χ2n) is 0. The Hall–Kier alpha value is 0.703. The molecule has 0 aromatic rings. The van der Waals surface area contributed by atoms with E-state index in [2.05, 4.69) is 0 Å². The summed E-state index contributed by atoms with van der Waals surface area (Å²) >= 11 is 0. The van der Waals surface area contributed by atoms with Crippen molar-refractivity contribution in [2.75, 3.05) is 0 Å². The first-order valence-corrected chi connectivity index (χ1v) is 0.612. The second kappa shape index (κ2) is 130. The van der Waals surface area contributed by atoms with Crippen molar-refractivity contribution in [3.63, 3.8) is 0 Å². The summed E-state index contributed by atoms with van der Waals surface area (Å²) in [5.41, 5.74) is 0. The van der Waals surface area contributed by atoms with E-state index in [0.29, 0.717) is 0 Å². The predicted molar refractivity (Wildman–Crippen MR) is 13.6 cm³/mol. The van der Waals surface area contributed by atoms with Gasteiger partial charge in [-0.1, -0.05) is 0 Å². The van der Waals surface area contributed by atoms with Crippen molar-refractivity contribution in [2.45, 2.75) is 0 Å². The van der Waals surface area contributed by atoms with Gasteiger partial charge in [0.2, 0.25) is 0 Å². The molecule has 0 spiro atoms. The molecule has 24 valence electrons. The smallest absolute Gasteiger partial charge is 2.00 e. The molecule has 0 aromatic carbocycles. The third-order valence-electron chi connectivity index (χ3n) is 0. The Morgan fingerprint density at radius 3 is 1.00 bits per heavy atom. The zero-order valence-electron chi connectivity index (χ0n) is 2.43. The first-order valence-electron chi connectivity index (χ1n) is 0.204. The van der Waals surface area contributed by atoms with E-state index in [1.54, 1.807) is 10.1 Å². The minimum atomic E-state index is 0. The molecule has 5 heteroatoms. The van der Waals surface area contributed by atoms with Crippen LogP contribution in [-0.4, -0.2) is 33.2 Å². The average Bonchev–Trinajstić information content (AvgIpc) is 1.00. The molecule has 0 rings (SSSR count). The quantitative estimate of drug-likeness (QED) is 0.355. The van der Waals surface area contributed by atoms with Crippen molar-refractivity contribution < 1.29 is 15.4 Å². The molecule has 0 saturated carbocycles. The molecule has 0 bridgehead atoms. The molecule has 0 fully saturated rings. The van der Waals surface area contributed by atoms with Gasteiger partial charge in [0.15, 0.2) is 0 Å². The average molecular weight is 100 g/mol. The van der Waals surface area contributed by atoms with Crippen molar-refractivity contribution in [3.05, 3.63) is 0 Å². The molecule has 0 aliphatic rings. The van der Waals surface area contributed by atoms with E-state index in [-0.39, 0.29) is 34.0 Å². The fourth-order valence-corrected chi connectivity index (χ4v) is 0. The Morgan fingerprint density at radius 1 is 1.00 bits per heavy atom. The van der Waals surface area contributed by atoms with Gasteiger partial charge in [0.1, 0.15) is 0 Å². The summed E-state index contributed by atoms with van der Waals surface area (Å²) in [5.74, 6) is 0. The van der Waals surface area contributed by atoms with Crippen molar-refractivity contribution in [1.82, 2.24) is 0 Å². The number of hydrogen-bond acceptors (Lipinski definition) is 1. The molecule has 5 heavy (non-hydrogen) atoms. The summed E-state index contributed by atoms with van der Waals surface area (Å²) in [6.45, 7) is 0. The fourth-order valence-electron chi connectivity index (χ4n) is 0. The van der Waals surface area contributed by atoms with E-state index in [0.717, 1.165) is 0 Å². The summed E-state index contributed by atoms with van der Waals surface area (Å²) in [6.07, 6.45) is 0. The Bertz CT molecular complexity index is 6.85. The maximum Gasteiger partial charge on any atom is 2.00 e. The van der Waals surface area contributed by atoms with E-state index >= 15 is 0 Å². The van der Waals surface area contributed by atoms with Crippen LogP contribution in [-0.2, 0) is 15.4 Å². The van der Waals surface area contributed by atoms with Gasteiger partial charge in [-0.2, -0.15) is 0 Å². The van der Waals surface area contributed by atoms with Crippen LogP contribution >= 0.6 is 0 Å². The van der Waals surface area contributed by atoms with Crippen LogP contribution in [0.3, 0.4) is 0 Å². The molecule has 0 unspecified atom stereocenters. The Labute approximate surface area is 49.0 Å². The Kier molecular flexibility index (Phi) is 1130. The summed E-state index contributed by atoms with van der Waals surface area (Å²) < 4.78 is 8.06. The van der Waals surface area contributed by atoms with Gasteiger partial charge in [0, 0.05) is 0 Å². The topological polar surface area (TPSA) is 74.1 Å². The summed E-state index contributed by atoms with van der Waals surface area (Å²) in [4.78, 5) is 0. The molecule has 0 aromatic heterocycles. The van der Waals surface area contributed by atoms with Gasteiger partial charge in [-0.25, -0.2) is 0 Å². The van der Waals surface area contributed by atoms with E-state index in [1.807, 2.05) is 0 Å². The third-order valence-corrected chi connectivity index (χ3v) is 0. The van der Waals surface area contributed by atoms with E-state index in [9.17, 15) is 0 Å². The van der Waals surface area contributed by atoms with Gasteiger partial charge < -0.3 is 11.0 Å². The van der Waals surface area contributed by atoms with E-state index in [4.69, 9.17) is 4.46 Å². The monoisotopic (exact) mass is 99.9 g/mol. The van der Waals surface area contributed by atoms with Crippen LogP contribution in [0.5, 0.6) is 0 Å². The summed E-state index contributed by atoms with van der Waals surface area (Å²) in [7, 11) is 1.72. The fraction of sp³-hybridized carbons (Fsp3) is 0. The van der Waals surface area contributed by atoms with Crippen LogP contribution in [0.1, 0.15) is 0 Å². The largest absolute Gasteiger partial charge is 2.00 e. The van der Waals surface area contributed by atoms with E-state index < -0.39 is 0 Å². The zero-order valence-corrected chi connectivity index (χ0v) is 4.85. The molecule has 0 aliphatic carbocycles. The third kappa shape index (κ3) is 69.5. The van der Waals surface area contributed by atoms with Crippen LogP contribution in [0.2, 0.25) is 0 Å². The number of rotatable bonds is 0. The van der Waals surface area contributed by atoms with Crippen LogP contribution in [0, 0.1) is 0 Å². The molecular formula is MgO3Si. The molecular weight excluding hydrogens is 100 g/mol. The Balaban J connectivity index is -0.00000000167. The molecule has 0 amide bonds. The first-order chi connectivity index (χ1) is 1.00. The minimum absolute atomic E-state index is 0. The zero-order chi connectivity index (χ0) is 2.00. The van der Waals surface area contributed by atoms with Crippen LogP contribution in [0.4, 0.5) is 0 Å². The van der Waals surface area contributed by atoms with Crippen LogP contribution in [0.25, 0.3) is 0 Å².